The quantitative estimate of drug-likeness (QED) is 0.345. The van der Waals surface area contributed by atoms with E-state index in [1.54, 1.807) is 13.8 Å². The number of amidine groups is 1. The summed E-state index contributed by atoms with van der Waals surface area (Å²) in [5.74, 6) is -1.07. The molecule has 1 aromatic carbocycles. The number of oxazole rings is 1. The average Bonchev–Trinajstić information content (AvgIpc) is 2.78. The molecule has 1 heterocycles. The first kappa shape index (κ1) is 14.5. The zero-order valence-electron chi connectivity index (χ0n) is 11.3. The summed E-state index contributed by atoms with van der Waals surface area (Å²) in [6.07, 6.45) is 0. The van der Waals surface area contributed by atoms with Gasteiger partial charge in [-0.15, -0.1) is 0 Å². The summed E-state index contributed by atoms with van der Waals surface area (Å²) in [5, 5.41) is 14.0. The Bertz CT molecular complexity index is 724. The highest BCUT2D eigenvalue weighted by molar-refractivity contribution is 6.09. The Morgan fingerprint density at radius 2 is 2.19 bits per heavy atom. The number of oxime groups is 1. The van der Waals surface area contributed by atoms with E-state index in [-0.39, 0.29) is 22.8 Å². The summed E-state index contributed by atoms with van der Waals surface area (Å²) >= 11 is 0. The third kappa shape index (κ3) is 2.99. The number of nitrogens with two attached hydrogens (primary N) is 1. The van der Waals surface area contributed by atoms with Crippen LogP contribution in [0.4, 0.5) is 10.1 Å². The molecule has 1 amide bonds. The van der Waals surface area contributed by atoms with Crippen molar-refractivity contribution in [1.29, 1.82) is 0 Å². The molecule has 0 radical (unpaired) electrons. The Morgan fingerprint density at radius 1 is 1.48 bits per heavy atom. The van der Waals surface area contributed by atoms with Crippen molar-refractivity contribution in [3.05, 3.63) is 46.9 Å². The van der Waals surface area contributed by atoms with E-state index in [9.17, 15) is 9.18 Å². The molecule has 0 fully saturated rings. The lowest BCUT2D eigenvalue weighted by atomic mass is 10.1. The molecule has 2 rings (SSSR count). The fourth-order valence-corrected chi connectivity index (χ4v) is 1.81. The standard InChI is InChI=1S/C13H13FN4O3/c1-6-11(21-7(2)16-6)13(19)17-10-4-3-8(14)5-9(10)12(15)18-20/h3-5,20H,1-2H3,(H2,15,18)(H,17,19). The van der Waals surface area contributed by atoms with Gasteiger partial charge in [0.25, 0.3) is 5.91 Å². The first-order valence-electron chi connectivity index (χ1n) is 5.95. The first-order valence-corrected chi connectivity index (χ1v) is 5.95. The van der Waals surface area contributed by atoms with Crippen molar-refractivity contribution in [3.63, 3.8) is 0 Å². The van der Waals surface area contributed by atoms with Crippen LogP contribution >= 0.6 is 0 Å². The Labute approximate surface area is 119 Å². The Kier molecular flexibility index (Phi) is 3.88. The minimum atomic E-state index is -0.582. The SMILES string of the molecule is Cc1nc(C)c(C(=O)Nc2ccc(F)cc2/C(N)=N/O)o1. The maximum atomic E-state index is 13.2. The van der Waals surface area contributed by atoms with E-state index in [2.05, 4.69) is 15.5 Å². The van der Waals surface area contributed by atoms with Gasteiger partial charge >= 0.3 is 0 Å². The molecule has 21 heavy (non-hydrogen) atoms. The van der Waals surface area contributed by atoms with Crippen molar-refractivity contribution in [2.45, 2.75) is 13.8 Å². The number of aryl methyl sites for hydroxylation is 2. The van der Waals surface area contributed by atoms with Crippen LogP contribution < -0.4 is 11.1 Å². The van der Waals surface area contributed by atoms with Crippen LogP contribution in [0.5, 0.6) is 0 Å². The van der Waals surface area contributed by atoms with Gasteiger partial charge in [0.05, 0.1) is 11.4 Å². The van der Waals surface area contributed by atoms with Crippen molar-refractivity contribution >= 4 is 17.4 Å². The molecule has 0 saturated carbocycles. The molecule has 4 N–H and O–H groups in total. The van der Waals surface area contributed by atoms with Crippen molar-refractivity contribution in [2.75, 3.05) is 5.32 Å². The van der Waals surface area contributed by atoms with Gasteiger partial charge in [0.2, 0.25) is 5.76 Å². The minimum Gasteiger partial charge on any atom is -0.436 e. The van der Waals surface area contributed by atoms with Gasteiger partial charge < -0.3 is 20.7 Å². The van der Waals surface area contributed by atoms with E-state index < -0.39 is 11.7 Å². The molecule has 0 unspecified atom stereocenters. The molecule has 8 heteroatoms. The topological polar surface area (TPSA) is 114 Å². The van der Waals surface area contributed by atoms with Crippen LogP contribution in [-0.2, 0) is 0 Å². The summed E-state index contributed by atoms with van der Waals surface area (Å²) in [6.45, 7) is 3.24. The van der Waals surface area contributed by atoms with Crippen LogP contribution in [0.25, 0.3) is 0 Å². The van der Waals surface area contributed by atoms with Crippen LogP contribution in [-0.4, -0.2) is 21.9 Å². The number of hydrogen-bond donors (Lipinski definition) is 3. The molecular weight excluding hydrogens is 279 g/mol. The van der Waals surface area contributed by atoms with Gasteiger partial charge in [-0.25, -0.2) is 9.37 Å². The second kappa shape index (κ2) is 5.61. The molecule has 2 aromatic rings. The largest absolute Gasteiger partial charge is 0.436 e. The lowest BCUT2D eigenvalue weighted by molar-refractivity contribution is 0.0994. The molecule has 0 atom stereocenters. The van der Waals surface area contributed by atoms with Crippen molar-refractivity contribution in [1.82, 2.24) is 4.98 Å². The zero-order chi connectivity index (χ0) is 15.6. The highest BCUT2D eigenvalue weighted by Gasteiger charge is 2.18. The summed E-state index contributed by atoms with van der Waals surface area (Å²) in [6, 6.07) is 3.49. The number of amides is 1. The fourth-order valence-electron chi connectivity index (χ4n) is 1.81. The number of carbonyl (C=O) groups is 1. The molecule has 0 spiro atoms. The van der Waals surface area contributed by atoms with E-state index in [1.807, 2.05) is 0 Å². The van der Waals surface area contributed by atoms with Gasteiger partial charge in [0.1, 0.15) is 5.82 Å². The summed E-state index contributed by atoms with van der Waals surface area (Å²) in [7, 11) is 0. The predicted octanol–water partition coefficient (Wildman–Crippen LogP) is 1.78. The third-order valence-electron chi connectivity index (χ3n) is 2.72. The molecule has 0 bridgehead atoms. The summed E-state index contributed by atoms with van der Waals surface area (Å²) in [4.78, 5) is 16.1. The number of halogens is 1. The van der Waals surface area contributed by atoms with Crippen molar-refractivity contribution < 1.29 is 18.8 Å². The van der Waals surface area contributed by atoms with Crippen LogP contribution in [0.2, 0.25) is 0 Å². The van der Waals surface area contributed by atoms with Gasteiger partial charge in [-0.2, -0.15) is 0 Å². The zero-order valence-corrected chi connectivity index (χ0v) is 11.3. The van der Waals surface area contributed by atoms with Gasteiger partial charge in [-0.05, 0) is 25.1 Å². The number of carbonyl (C=O) groups excluding carboxylic acids is 1. The lowest BCUT2D eigenvalue weighted by Crippen LogP contribution is -2.19. The normalized spacial score (nSPS) is 11.5. The number of hydrogen-bond acceptors (Lipinski definition) is 5. The average molecular weight is 292 g/mol. The predicted molar refractivity (Wildman–Crippen MR) is 72.8 cm³/mol. The molecule has 7 nitrogen and oxygen atoms in total. The molecule has 0 saturated heterocycles. The van der Waals surface area contributed by atoms with Gasteiger partial charge in [-0.1, -0.05) is 5.16 Å². The van der Waals surface area contributed by atoms with E-state index in [1.165, 1.54) is 6.07 Å². The molecular formula is C13H13FN4O3. The van der Waals surface area contributed by atoms with Gasteiger partial charge in [-0.3, -0.25) is 4.79 Å². The number of rotatable bonds is 3. The number of anilines is 1. The van der Waals surface area contributed by atoms with Crippen LogP contribution in [0.3, 0.4) is 0 Å². The highest BCUT2D eigenvalue weighted by Crippen LogP contribution is 2.19. The maximum absolute atomic E-state index is 13.2. The van der Waals surface area contributed by atoms with E-state index in [0.717, 1.165) is 12.1 Å². The number of nitrogens with zero attached hydrogens (tertiary/aromatic N) is 2. The molecule has 0 aliphatic heterocycles. The second-order valence-electron chi connectivity index (χ2n) is 4.28. The van der Waals surface area contributed by atoms with Crippen LogP contribution in [0.15, 0.2) is 27.8 Å². The lowest BCUT2D eigenvalue weighted by Gasteiger charge is -2.09. The van der Waals surface area contributed by atoms with Crippen LogP contribution in [0.1, 0.15) is 27.7 Å². The Hall–Kier alpha value is -2.90. The number of aromatic nitrogens is 1. The first-order chi connectivity index (χ1) is 9.92. The highest BCUT2D eigenvalue weighted by atomic mass is 19.1. The molecule has 110 valence electrons. The van der Waals surface area contributed by atoms with E-state index in [4.69, 9.17) is 15.4 Å². The summed E-state index contributed by atoms with van der Waals surface area (Å²) in [5.41, 5.74) is 6.13. The third-order valence-corrected chi connectivity index (χ3v) is 2.72. The smallest absolute Gasteiger partial charge is 0.293 e. The van der Waals surface area contributed by atoms with E-state index >= 15 is 0 Å². The maximum Gasteiger partial charge on any atom is 0.293 e. The van der Waals surface area contributed by atoms with Gasteiger partial charge in [0, 0.05) is 12.5 Å². The minimum absolute atomic E-state index is 0.0438. The molecule has 0 aliphatic rings. The number of nitrogens with one attached hydrogen (secondary N) is 1. The monoisotopic (exact) mass is 292 g/mol. The second-order valence-corrected chi connectivity index (χ2v) is 4.28. The Morgan fingerprint density at radius 3 is 2.76 bits per heavy atom. The Balaban J connectivity index is 2.35. The van der Waals surface area contributed by atoms with Crippen LogP contribution in [0, 0.1) is 19.7 Å². The number of benzene rings is 1. The fraction of sp³-hybridized carbons (Fsp3) is 0.154. The summed E-state index contributed by atoms with van der Waals surface area (Å²) < 4.78 is 18.4. The van der Waals surface area contributed by atoms with E-state index in [0.29, 0.717) is 11.6 Å². The van der Waals surface area contributed by atoms with Crippen molar-refractivity contribution in [2.24, 2.45) is 10.9 Å². The molecule has 0 aliphatic carbocycles. The molecule has 1 aromatic heterocycles. The van der Waals surface area contributed by atoms with Crippen molar-refractivity contribution in [3.8, 4) is 0 Å². The van der Waals surface area contributed by atoms with Gasteiger partial charge in [0.15, 0.2) is 11.7 Å².